The van der Waals surface area contributed by atoms with Gasteiger partial charge in [0.25, 0.3) is 10.0 Å². The number of pyridine rings is 1. The van der Waals surface area contributed by atoms with Gasteiger partial charge < -0.3 is 10.1 Å². The predicted octanol–water partition coefficient (Wildman–Crippen LogP) is 4.12. The summed E-state index contributed by atoms with van der Waals surface area (Å²) in [7, 11) is -2.30. The molecule has 28 heavy (non-hydrogen) atoms. The first-order valence-electron chi connectivity index (χ1n) is 8.80. The third-order valence-electron chi connectivity index (χ3n) is 4.43. The lowest BCUT2D eigenvalue weighted by Crippen LogP contribution is -2.14. The molecule has 2 N–H and O–H groups in total. The smallest absolute Gasteiger partial charge is 0.265 e. The summed E-state index contributed by atoms with van der Waals surface area (Å²) in [5.74, 6) is 0.324. The number of nitrogens with one attached hydrogen (secondary N) is 2. The highest BCUT2D eigenvalue weighted by Gasteiger charge is 2.20. The van der Waals surface area contributed by atoms with Gasteiger partial charge in [0.05, 0.1) is 7.11 Å². The molecule has 0 unspecified atom stereocenters. The molecule has 0 aliphatic heterocycles. The van der Waals surface area contributed by atoms with Gasteiger partial charge in [-0.05, 0) is 73.0 Å². The van der Waals surface area contributed by atoms with E-state index in [1.165, 1.54) is 7.11 Å². The first-order valence-corrected chi connectivity index (χ1v) is 10.3. The first-order chi connectivity index (χ1) is 13.4. The maximum absolute atomic E-state index is 12.8. The van der Waals surface area contributed by atoms with E-state index in [-0.39, 0.29) is 4.90 Å². The van der Waals surface area contributed by atoms with Crippen LogP contribution in [0.2, 0.25) is 0 Å². The summed E-state index contributed by atoms with van der Waals surface area (Å²) in [6, 6.07) is 14.3. The summed E-state index contributed by atoms with van der Waals surface area (Å²) in [5, 5.41) is 3.28. The van der Waals surface area contributed by atoms with Gasteiger partial charge in [0.1, 0.15) is 10.6 Å². The second-order valence-corrected chi connectivity index (χ2v) is 8.14. The quantitative estimate of drug-likeness (QED) is 0.627. The molecule has 0 radical (unpaired) electrons. The molecule has 0 aliphatic carbocycles. The molecular formula is C21H23N3O3S. The molecule has 7 heteroatoms. The van der Waals surface area contributed by atoms with Crippen molar-refractivity contribution in [2.45, 2.75) is 25.3 Å². The van der Waals surface area contributed by atoms with Crippen molar-refractivity contribution in [2.24, 2.45) is 0 Å². The minimum atomic E-state index is -3.77. The number of rotatable bonds is 7. The lowest BCUT2D eigenvalue weighted by atomic mass is 10.1. The maximum Gasteiger partial charge on any atom is 0.265 e. The van der Waals surface area contributed by atoms with Crippen molar-refractivity contribution in [1.82, 2.24) is 4.98 Å². The van der Waals surface area contributed by atoms with E-state index < -0.39 is 10.0 Å². The SMILES string of the molecule is COc1cc(C)c(C)cc1S(=O)(=O)Nc1ccc(NCc2cccnc2)cc1. The Kier molecular flexibility index (Phi) is 5.84. The van der Waals surface area contributed by atoms with Gasteiger partial charge in [-0.1, -0.05) is 6.07 Å². The molecule has 0 fully saturated rings. The van der Waals surface area contributed by atoms with Crippen molar-refractivity contribution in [3.63, 3.8) is 0 Å². The molecule has 0 bridgehead atoms. The highest BCUT2D eigenvalue weighted by molar-refractivity contribution is 7.92. The molecule has 0 saturated carbocycles. The molecule has 1 heterocycles. The van der Waals surface area contributed by atoms with Crippen LogP contribution in [-0.4, -0.2) is 20.5 Å². The standard InChI is InChI=1S/C21H23N3O3S/c1-15-11-20(27-3)21(12-16(15)2)28(25,26)24-19-8-6-18(7-9-19)23-14-17-5-4-10-22-13-17/h4-13,23-24H,14H2,1-3H3. The molecule has 0 spiro atoms. The van der Waals surface area contributed by atoms with Gasteiger partial charge in [-0.2, -0.15) is 0 Å². The molecule has 146 valence electrons. The number of methoxy groups -OCH3 is 1. The van der Waals surface area contributed by atoms with E-state index in [1.807, 2.05) is 38.1 Å². The van der Waals surface area contributed by atoms with E-state index in [0.29, 0.717) is 18.0 Å². The zero-order valence-corrected chi connectivity index (χ0v) is 16.9. The van der Waals surface area contributed by atoms with Gasteiger partial charge in [-0.25, -0.2) is 8.42 Å². The Bertz CT molecular complexity index is 1050. The minimum Gasteiger partial charge on any atom is -0.495 e. The average Bonchev–Trinajstić information content (AvgIpc) is 2.69. The Balaban J connectivity index is 1.73. The number of aromatic nitrogens is 1. The fourth-order valence-corrected chi connectivity index (χ4v) is 4.00. The summed E-state index contributed by atoms with van der Waals surface area (Å²) in [5.41, 5.74) is 4.29. The zero-order chi connectivity index (χ0) is 20.1. The van der Waals surface area contributed by atoms with Gasteiger partial charge in [0, 0.05) is 30.3 Å². The Morgan fingerprint density at radius 3 is 2.32 bits per heavy atom. The molecule has 0 amide bonds. The van der Waals surface area contributed by atoms with E-state index in [4.69, 9.17) is 4.74 Å². The van der Waals surface area contributed by atoms with E-state index in [0.717, 1.165) is 22.4 Å². The lowest BCUT2D eigenvalue weighted by molar-refractivity contribution is 0.402. The molecule has 3 rings (SSSR count). The molecule has 0 aliphatic rings. The van der Waals surface area contributed by atoms with Crippen molar-refractivity contribution >= 4 is 21.4 Å². The number of ether oxygens (including phenoxy) is 1. The number of sulfonamides is 1. The Labute approximate surface area is 165 Å². The molecular weight excluding hydrogens is 374 g/mol. The van der Waals surface area contributed by atoms with Crippen LogP contribution < -0.4 is 14.8 Å². The van der Waals surface area contributed by atoms with Gasteiger partial charge in [-0.3, -0.25) is 9.71 Å². The fourth-order valence-electron chi connectivity index (χ4n) is 2.71. The molecule has 3 aromatic rings. The lowest BCUT2D eigenvalue weighted by Gasteiger charge is -2.14. The fraction of sp³-hybridized carbons (Fsp3) is 0.190. The minimum absolute atomic E-state index is 0.122. The summed E-state index contributed by atoms with van der Waals surface area (Å²) >= 11 is 0. The van der Waals surface area contributed by atoms with Crippen LogP contribution in [0.25, 0.3) is 0 Å². The van der Waals surface area contributed by atoms with Crippen LogP contribution >= 0.6 is 0 Å². The van der Waals surface area contributed by atoms with Crippen LogP contribution in [0.3, 0.4) is 0 Å². The second kappa shape index (κ2) is 8.31. The predicted molar refractivity (Wildman–Crippen MR) is 111 cm³/mol. The van der Waals surface area contributed by atoms with Gasteiger partial charge in [0.2, 0.25) is 0 Å². The van der Waals surface area contributed by atoms with E-state index >= 15 is 0 Å². The Morgan fingerprint density at radius 2 is 1.68 bits per heavy atom. The summed E-state index contributed by atoms with van der Waals surface area (Å²) in [6.07, 6.45) is 3.53. The van der Waals surface area contributed by atoms with Crippen molar-refractivity contribution in [3.05, 3.63) is 77.6 Å². The van der Waals surface area contributed by atoms with Crippen molar-refractivity contribution in [3.8, 4) is 5.75 Å². The van der Waals surface area contributed by atoms with Crippen LogP contribution in [0.15, 0.2) is 65.8 Å². The van der Waals surface area contributed by atoms with Crippen molar-refractivity contribution < 1.29 is 13.2 Å². The normalized spacial score (nSPS) is 11.1. The van der Waals surface area contributed by atoms with Gasteiger partial charge in [0.15, 0.2) is 0 Å². The third kappa shape index (κ3) is 4.61. The topological polar surface area (TPSA) is 80.3 Å². The second-order valence-electron chi connectivity index (χ2n) is 6.49. The summed E-state index contributed by atoms with van der Waals surface area (Å²) in [6.45, 7) is 4.42. The molecule has 0 atom stereocenters. The number of hydrogen-bond donors (Lipinski definition) is 2. The van der Waals surface area contributed by atoms with Crippen molar-refractivity contribution in [1.29, 1.82) is 0 Å². The monoisotopic (exact) mass is 397 g/mol. The summed E-state index contributed by atoms with van der Waals surface area (Å²) in [4.78, 5) is 4.20. The molecule has 2 aromatic carbocycles. The zero-order valence-electron chi connectivity index (χ0n) is 16.1. The average molecular weight is 398 g/mol. The van der Waals surface area contributed by atoms with Crippen LogP contribution in [0.4, 0.5) is 11.4 Å². The van der Waals surface area contributed by atoms with Crippen LogP contribution in [0.5, 0.6) is 5.75 Å². The van der Waals surface area contributed by atoms with Crippen LogP contribution in [0.1, 0.15) is 16.7 Å². The molecule has 6 nitrogen and oxygen atoms in total. The number of aryl methyl sites for hydroxylation is 2. The van der Waals surface area contributed by atoms with Crippen molar-refractivity contribution in [2.75, 3.05) is 17.1 Å². The van der Waals surface area contributed by atoms with E-state index in [2.05, 4.69) is 15.0 Å². The maximum atomic E-state index is 12.8. The number of hydrogen-bond acceptors (Lipinski definition) is 5. The molecule has 0 saturated heterocycles. The molecule has 1 aromatic heterocycles. The number of benzene rings is 2. The van der Waals surface area contributed by atoms with Gasteiger partial charge >= 0.3 is 0 Å². The largest absolute Gasteiger partial charge is 0.495 e. The highest BCUT2D eigenvalue weighted by Crippen LogP contribution is 2.29. The van der Waals surface area contributed by atoms with Crippen LogP contribution in [0, 0.1) is 13.8 Å². The number of nitrogens with zero attached hydrogens (tertiary/aromatic N) is 1. The summed E-state index contributed by atoms with van der Waals surface area (Å²) < 4.78 is 33.5. The number of anilines is 2. The van der Waals surface area contributed by atoms with Gasteiger partial charge in [-0.15, -0.1) is 0 Å². The van der Waals surface area contributed by atoms with Crippen LogP contribution in [-0.2, 0) is 16.6 Å². The van der Waals surface area contributed by atoms with E-state index in [9.17, 15) is 8.42 Å². The third-order valence-corrected chi connectivity index (χ3v) is 5.83. The highest BCUT2D eigenvalue weighted by atomic mass is 32.2. The first kappa shape index (κ1) is 19.7. The van der Waals surface area contributed by atoms with E-state index in [1.54, 1.807) is 36.7 Å². The Morgan fingerprint density at radius 1 is 1.00 bits per heavy atom. The Hall–Kier alpha value is -3.06.